The van der Waals surface area contributed by atoms with Gasteiger partial charge in [-0.15, -0.1) is 0 Å². The van der Waals surface area contributed by atoms with Gasteiger partial charge in [0, 0.05) is 49.0 Å². The van der Waals surface area contributed by atoms with Gasteiger partial charge >= 0.3 is 0 Å². The van der Waals surface area contributed by atoms with Gasteiger partial charge in [0.2, 0.25) is 0 Å². The Bertz CT molecular complexity index is 4110. The molecule has 0 bridgehead atoms. The highest BCUT2D eigenvalue weighted by Gasteiger charge is 2.53. The monoisotopic (exact) mass is 817 g/mol. The van der Waals surface area contributed by atoms with Crippen molar-refractivity contribution in [1.82, 2.24) is 15.0 Å². The zero-order chi connectivity index (χ0) is 41.7. The van der Waals surface area contributed by atoms with E-state index in [0.29, 0.717) is 17.5 Å². The molecule has 6 nitrogen and oxygen atoms in total. The van der Waals surface area contributed by atoms with E-state index in [1.165, 1.54) is 44.5 Å². The van der Waals surface area contributed by atoms with E-state index in [9.17, 15) is 0 Å². The van der Waals surface area contributed by atoms with Crippen molar-refractivity contribution in [1.29, 1.82) is 0 Å². The van der Waals surface area contributed by atoms with E-state index in [2.05, 4.69) is 121 Å². The molecule has 4 aromatic heterocycles. The van der Waals surface area contributed by atoms with Crippen molar-refractivity contribution < 1.29 is 13.3 Å². The van der Waals surface area contributed by atoms with Crippen LogP contribution in [0.1, 0.15) is 22.3 Å². The summed E-state index contributed by atoms with van der Waals surface area (Å²) in [4.78, 5) is 15.5. The molecule has 64 heavy (non-hydrogen) atoms. The Labute approximate surface area is 364 Å². The Morgan fingerprint density at radius 2 is 0.797 bits per heavy atom. The predicted octanol–water partition coefficient (Wildman–Crippen LogP) is 14.9. The Hall–Kier alpha value is -8.61. The summed E-state index contributed by atoms with van der Waals surface area (Å²) in [5.74, 6) is 1.76. The smallest absolute Gasteiger partial charge is 0.164 e. The van der Waals surface area contributed by atoms with Gasteiger partial charge in [-0.3, -0.25) is 0 Å². The number of benzene rings is 9. The lowest BCUT2D eigenvalue weighted by molar-refractivity contribution is 0.666. The molecule has 1 spiro atoms. The molecule has 0 aliphatic heterocycles. The maximum absolute atomic E-state index is 6.84. The number of aromatic nitrogens is 3. The SMILES string of the molecule is c1ccc(-c2nc(-c3ccc4oc5ccccc5c4c3)nc(-c3ccc4oc5ccc6c(c5c4c3)C3(c4ccccc4-c4ccccc43)c3cc4oc5ccccc5c4cc3-6)n2)cc1. The molecule has 0 amide bonds. The van der Waals surface area contributed by atoms with E-state index in [1.54, 1.807) is 0 Å². The van der Waals surface area contributed by atoms with Gasteiger partial charge < -0.3 is 13.3 Å². The van der Waals surface area contributed by atoms with Crippen molar-refractivity contribution in [3.8, 4) is 56.4 Å². The Morgan fingerprint density at radius 3 is 1.48 bits per heavy atom. The average molecular weight is 818 g/mol. The number of hydrogen-bond donors (Lipinski definition) is 0. The fourth-order valence-electron chi connectivity index (χ4n) is 11.1. The molecular formula is C58H31N3O3. The highest BCUT2D eigenvalue weighted by molar-refractivity contribution is 6.16. The molecule has 0 N–H and O–H groups in total. The molecule has 0 radical (unpaired) electrons. The third-order valence-electron chi connectivity index (χ3n) is 13.7. The summed E-state index contributed by atoms with van der Waals surface area (Å²) < 4.78 is 19.7. The maximum atomic E-state index is 6.84. The standard InChI is InChI=1S/C58H31N3O3/c1-2-12-32(13-3-1)55-59-56(33-22-25-49-41(28-33)37-16-6-10-20-47(37)62-49)61-57(60-55)34-23-26-50-43(29-34)53-51(63-50)27-24-39-40-30-42-38-17-7-11-21-48(38)64-52(42)31-46(40)58(54(39)53)44-18-8-4-14-35(44)36-15-5-9-19-45(36)58/h1-31H. The first-order chi connectivity index (χ1) is 31.7. The van der Waals surface area contributed by atoms with Gasteiger partial charge in [0.15, 0.2) is 17.5 Å². The van der Waals surface area contributed by atoms with Crippen molar-refractivity contribution >= 4 is 65.8 Å². The summed E-state index contributed by atoms with van der Waals surface area (Å²) >= 11 is 0. The summed E-state index contributed by atoms with van der Waals surface area (Å²) in [6.45, 7) is 0. The second-order valence-electron chi connectivity index (χ2n) is 17.0. The maximum Gasteiger partial charge on any atom is 0.164 e. The zero-order valence-electron chi connectivity index (χ0n) is 34.0. The van der Waals surface area contributed by atoms with Crippen molar-refractivity contribution in [2.45, 2.75) is 5.41 Å². The van der Waals surface area contributed by atoms with Crippen LogP contribution in [0.25, 0.3) is 122 Å². The van der Waals surface area contributed by atoms with E-state index in [-0.39, 0.29) is 0 Å². The van der Waals surface area contributed by atoms with Crippen molar-refractivity contribution in [2.75, 3.05) is 0 Å². The van der Waals surface area contributed by atoms with E-state index >= 15 is 0 Å². The van der Waals surface area contributed by atoms with Crippen LogP contribution in [0.15, 0.2) is 201 Å². The molecular weight excluding hydrogens is 787 g/mol. The van der Waals surface area contributed by atoms with Crippen LogP contribution in [0, 0.1) is 0 Å². The molecule has 296 valence electrons. The molecule has 0 fully saturated rings. The number of para-hydroxylation sites is 2. The fourth-order valence-corrected chi connectivity index (χ4v) is 11.1. The van der Waals surface area contributed by atoms with Gasteiger partial charge in [0.05, 0.1) is 5.41 Å². The lowest BCUT2D eigenvalue weighted by Crippen LogP contribution is -2.26. The van der Waals surface area contributed by atoms with E-state index in [4.69, 9.17) is 28.2 Å². The first-order valence-corrected chi connectivity index (χ1v) is 21.6. The highest BCUT2D eigenvalue weighted by Crippen LogP contribution is 2.65. The van der Waals surface area contributed by atoms with Gasteiger partial charge in [-0.1, -0.05) is 121 Å². The number of rotatable bonds is 3. The van der Waals surface area contributed by atoms with Crippen LogP contribution in [0.5, 0.6) is 0 Å². The molecule has 0 saturated carbocycles. The Balaban J connectivity index is 1.01. The van der Waals surface area contributed by atoms with Gasteiger partial charge in [-0.25, -0.2) is 15.0 Å². The van der Waals surface area contributed by atoms with E-state index in [1.807, 2.05) is 66.7 Å². The predicted molar refractivity (Wildman–Crippen MR) is 254 cm³/mol. The number of fused-ring (bicyclic) bond motifs is 20. The van der Waals surface area contributed by atoms with Crippen LogP contribution in [0.3, 0.4) is 0 Å². The van der Waals surface area contributed by atoms with Crippen LogP contribution in [-0.4, -0.2) is 15.0 Å². The van der Waals surface area contributed by atoms with Crippen LogP contribution in [-0.2, 0) is 5.41 Å². The normalized spacial score (nSPS) is 13.4. The molecule has 2 aliphatic carbocycles. The summed E-state index contributed by atoms with van der Waals surface area (Å²) in [5.41, 5.74) is 16.9. The fraction of sp³-hybridized carbons (Fsp3) is 0.0172. The minimum absolute atomic E-state index is 0.576. The third kappa shape index (κ3) is 4.41. The minimum atomic E-state index is -0.645. The summed E-state index contributed by atoms with van der Waals surface area (Å²) in [5, 5.41) is 6.37. The van der Waals surface area contributed by atoms with Crippen molar-refractivity contribution in [2.24, 2.45) is 0 Å². The van der Waals surface area contributed by atoms with Gasteiger partial charge in [0.25, 0.3) is 0 Å². The van der Waals surface area contributed by atoms with E-state index in [0.717, 1.165) is 82.5 Å². The van der Waals surface area contributed by atoms with Gasteiger partial charge in [-0.05, 0) is 111 Å². The van der Waals surface area contributed by atoms with Crippen molar-refractivity contribution in [3.05, 3.63) is 210 Å². The molecule has 0 atom stereocenters. The van der Waals surface area contributed by atoms with Crippen LogP contribution in [0.4, 0.5) is 0 Å². The lowest BCUT2D eigenvalue weighted by Gasteiger charge is -2.31. The molecule has 13 aromatic rings. The number of furan rings is 3. The molecule has 2 aliphatic rings. The molecule has 0 saturated heterocycles. The topological polar surface area (TPSA) is 78.1 Å². The van der Waals surface area contributed by atoms with Crippen molar-refractivity contribution in [3.63, 3.8) is 0 Å². The van der Waals surface area contributed by atoms with Crippen LogP contribution in [0.2, 0.25) is 0 Å². The molecule has 4 heterocycles. The molecule has 6 heteroatoms. The first kappa shape index (κ1) is 34.0. The largest absolute Gasteiger partial charge is 0.456 e. The minimum Gasteiger partial charge on any atom is -0.456 e. The lowest BCUT2D eigenvalue weighted by atomic mass is 9.69. The third-order valence-corrected chi connectivity index (χ3v) is 13.7. The molecule has 9 aromatic carbocycles. The Kier molecular flexibility index (Phi) is 6.53. The summed E-state index contributed by atoms with van der Waals surface area (Å²) in [7, 11) is 0. The first-order valence-electron chi connectivity index (χ1n) is 21.6. The zero-order valence-corrected chi connectivity index (χ0v) is 34.0. The van der Waals surface area contributed by atoms with E-state index < -0.39 is 5.41 Å². The second-order valence-corrected chi connectivity index (χ2v) is 17.0. The highest BCUT2D eigenvalue weighted by atomic mass is 16.3. The Morgan fingerprint density at radius 1 is 0.297 bits per heavy atom. The van der Waals surface area contributed by atoms with Gasteiger partial charge in [0.1, 0.15) is 33.5 Å². The average Bonchev–Trinajstić information content (AvgIpc) is 4.15. The number of nitrogens with zero attached hydrogens (tertiary/aromatic N) is 3. The summed E-state index contributed by atoms with van der Waals surface area (Å²) in [6, 6.07) is 65.9. The number of hydrogen-bond acceptors (Lipinski definition) is 6. The quantitative estimate of drug-likeness (QED) is 0.177. The van der Waals surface area contributed by atoms with Gasteiger partial charge in [-0.2, -0.15) is 0 Å². The van der Waals surface area contributed by atoms with Crippen LogP contribution < -0.4 is 0 Å². The molecule has 15 rings (SSSR count). The summed E-state index contributed by atoms with van der Waals surface area (Å²) in [6.07, 6.45) is 0. The second kappa shape index (κ2) is 12.3. The van der Waals surface area contributed by atoms with Crippen LogP contribution >= 0.6 is 0 Å². The molecule has 0 unspecified atom stereocenters.